The van der Waals surface area contributed by atoms with Gasteiger partial charge in [-0.2, -0.15) is 0 Å². The molecule has 4 N–H and O–H groups in total. The molecule has 22 heavy (non-hydrogen) atoms. The maximum absolute atomic E-state index is 5.74. The highest BCUT2D eigenvalue weighted by atomic mass is 32.2. The maximum Gasteiger partial charge on any atom is 0.213 e. The first-order valence-electron chi connectivity index (χ1n) is 6.89. The fourth-order valence-electron chi connectivity index (χ4n) is 2.22. The van der Waals surface area contributed by atoms with Gasteiger partial charge in [0.2, 0.25) is 5.79 Å². The normalized spacial score (nSPS) is 19.9. The van der Waals surface area contributed by atoms with Gasteiger partial charge in [0, 0.05) is 34.8 Å². The van der Waals surface area contributed by atoms with Crippen LogP contribution in [0.4, 0.5) is 5.69 Å². The third-order valence-corrected chi connectivity index (χ3v) is 4.39. The molecular weight excluding hydrogens is 294 g/mol. The van der Waals surface area contributed by atoms with E-state index < -0.39 is 5.79 Å². The van der Waals surface area contributed by atoms with Gasteiger partial charge in [-0.25, -0.2) is 9.98 Å². The zero-order valence-electron chi connectivity index (χ0n) is 12.2. The van der Waals surface area contributed by atoms with Gasteiger partial charge in [0.25, 0.3) is 0 Å². The van der Waals surface area contributed by atoms with Crippen molar-refractivity contribution in [2.75, 3.05) is 12.8 Å². The molecule has 3 rings (SSSR count). The summed E-state index contributed by atoms with van der Waals surface area (Å²) in [7, 11) is 1.87. The molecule has 1 unspecified atom stereocenters. The zero-order valence-corrected chi connectivity index (χ0v) is 13.0. The Morgan fingerprint density at radius 3 is 2.73 bits per heavy atom. The Balaban J connectivity index is 1.97. The molecule has 1 atom stereocenters. The number of benzene rings is 1. The predicted octanol–water partition coefficient (Wildman–Crippen LogP) is 2.33. The molecular formula is C16H17N5S. The summed E-state index contributed by atoms with van der Waals surface area (Å²) in [5, 5.41) is 7.40. The van der Waals surface area contributed by atoms with Crippen LogP contribution in [-0.2, 0) is 5.79 Å². The van der Waals surface area contributed by atoms with E-state index in [9.17, 15) is 0 Å². The number of allylic oxidation sites excluding steroid dienone is 1. The van der Waals surface area contributed by atoms with Crippen LogP contribution < -0.4 is 16.4 Å². The number of anilines is 1. The lowest BCUT2D eigenvalue weighted by Gasteiger charge is -2.32. The van der Waals surface area contributed by atoms with Crippen molar-refractivity contribution >= 4 is 23.7 Å². The first-order valence-corrected chi connectivity index (χ1v) is 7.71. The third kappa shape index (κ3) is 2.84. The lowest BCUT2D eigenvalue weighted by Crippen LogP contribution is -2.50. The predicted molar refractivity (Wildman–Crippen MR) is 90.7 cm³/mol. The molecule has 0 aliphatic carbocycles. The number of nitrogens with one attached hydrogen (secondary N) is 2. The summed E-state index contributed by atoms with van der Waals surface area (Å²) in [5.74, 6) is -0.695. The second-order valence-electron chi connectivity index (χ2n) is 4.77. The van der Waals surface area contributed by atoms with Gasteiger partial charge >= 0.3 is 0 Å². The SMILES string of the molecule is CNC1(c2cccnc2Sc2ccc(N)cc2)N=CC=CN1. The molecule has 112 valence electrons. The summed E-state index contributed by atoms with van der Waals surface area (Å²) in [6.07, 6.45) is 7.29. The smallest absolute Gasteiger partial charge is 0.213 e. The molecule has 1 aromatic carbocycles. The summed E-state index contributed by atoms with van der Waals surface area (Å²) in [6.45, 7) is 0. The lowest BCUT2D eigenvalue weighted by atomic mass is 10.1. The minimum atomic E-state index is -0.695. The van der Waals surface area contributed by atoms with E-state index in [1.165, 1.54) is 0 Å². The third-order valence-electron chi connectivity index (χ3n) is 3.36. The monoisotopic (exact) mass is 311 g/mol. The topological polar surface area (TPSA) is 75.3 Å². The van der Waals surface area contributed by atoms with E-state index in [0.717, 1.165) is 21.2 Å². The van der Waals surface area contributed by atoms with Gasteiger partial charge in [0.15, 0.2) is 0 Å². The van der Waals surface area contributed by atoms with Crippen LogP contribution in [0, 0.1) is 0 Å². The van der Waals surface area contributed by atoms with Gasteiger partial charge in [-0.05, 0) is 49.5 Å². The largest absolute Gasteiger partial charge is 0.399 e. The highest BCUT2D eigenvalue weighted by Crippen LogP contribution is 2.34. The van der Waals surface area contributed by atoms with E-state index in [-0.39, 0.29) is 0 Å². The molecule has 0 saturated carbocycles. The minimum Gasteiger partial charge on any atom is -0.399 e. The average molecular weight is 311 g/mol. The molecule has 0 bridgehead atoms. The van der Waals surface area contributed by atoms with Crippen LogP contribution in [-0.4, -0.2) is 18.2 Å². The summed E-state index contributed by atoms with van der Waals surface area (Å²) in [5.41, 5.74) is 7.46. The number of hydrogen-bond acceptors (Lipinski definition) is 6. The number of hydrogen-bond donors (Lipinski definition) is 3. The lowest BCUT2D eigenvalue weighted by molar-refractivity contribution is 0.324. The van der Waals surface area contributed by atoms with Crippen molar-refractivity contribution in [3.8, 4) is 0 Å². The number of aliphatic imine (C=N–C) groups is 1. The first kappa shape index (κ1) is 14.6. The van der Waals surface area contributed by atoms with Gasteiger partial charge in [-0.3, -0.25) is 5.32 Å². The van der Waals surface area contributed by atoms with Crippen molar-refractivity contribution in [1.82, 2.24) is 15.6 Å². The Morgan fingerprint density at radius 1 is 1.23 bits per heavy atom. The number of nitrogen functional groups attached to an aromatic ring is 1. The number of rotatable bonds is 4. The van der Waals surface area contributed by atoms with Crippen LogP contribution in [0.25, 0.3) is 0 Å². The number of nitrogens with zero attached hydrogens (tertiary/aromatic N) is 2. The van der Waals surface area contributed by atoms with Gasteiger partial charge in [0.1, 0.15) is 5.03 Å². The summed E-state index contributed by atoms with van der Waals surface area (Å²) in [4.78, 5) is 10.2. The molecule has 0 spiro atoms. The van der Waals surface area contributed by atoms with Crippen molar-refractivity contribution in [3.05, 3.63) is 60.4 Å². The van der Waals surface area contributed by atoms with E-state index in [2.05, 4.69) is 20.6 Å². The van der Waals surface area contributed by atoms with Crippen LogP contribution >= 0.6 is 11.8 Å². The molecule has 1 aliphatic heterocycles. The summed E-state index contributed by atoms with van der Waals surface area (Å²) < 4.78 is 0. The summed E-state index contributed by atoms with van der Waals surface area (Å²) >= 11 is 1.59. The fourth-order valence-corrected chi connectivity index (χ4v) is 3.15. The van der Waals surface area contributed by atoms with Crippen molar-refractivity contribution < 1.29 is 0 Å². The van der Waals surface area contributed by atoms with E-state index in [0.29, 0.717) is 0 Å². The second kappa shape index (κ2) is 6.21. The molecule has 1 aliphatic rings. The van der Waals surface area contributed by atoms with Crippen molar-refractivity contribution in [2.24, 2.45) is 4.99 Å². The van der Waals surface area contributed by atoms with Crippen molar-refractivity contribution in [2.45, 2.75) is 15.7 Å². The Morgan fingerprint density at radius 2 is 2.05 bits per heavy atom. The molecule has 0 amide bonds. The van der Waals surface area contributed by atoms with E-state index in [1.807, 2.05) is 55.7 Å². The summed E-state index contributed by atoms with van der Waals surface area (Å²) in [6, 6.07) is 11.7. The molecule has 0 fully saturated rings. The molecule has 2 heterocycles. The van der Waals surface area contributed by atoms with E-state index >= 15 is 0 Å². The van der Waals surface area contributed by atoms with Gasteiger partial charge in [-0.15, -0.1) is 0 Å². The van der Waals surface area contributed by atoms with Crippen LogP contribution in [0.1, 0.15) is 5.56 Å². The quantitative estimate of drug-likeness (QED) is 0.756. The van der Waals surface area contributed by atoms with Crippen molar-refractivity contribution in [3.63, 3.8) is 0 Å². The van der Waals surface area contributed by atoms with Crippen LogP contribution in [0.2, 0.25) is 0 Å². The van der Waals surface area contributed by atoms with E-state index in [4.69, 9.17) is 5.73 Å². The van der Waals surface area contributed by atoms with Gasteiger partial charge in [0.05, 0.1) is 0 Å². The number of nitrogens with two attached hydrogens (primary N) is 1. The van der Waals surface area contributed by atoms with E-state index in [1.54, 1.807) is 24.2 Å². The van der Waals surface area contributed by atoms with Crippen LogP contribution in [0.3, 0.4) is 0 Å². The Bertz CT molecular complexity index is 711. The fraction of sp³-hybridized carbons (Fsp3) is 0.125. The maximum atomic E-state index is 5.74. The number of pyridine rings is 1. The molecule has 0 radical (unpaired) electrons. The van der Waals surface area contributed by atoms with Gasteiger partial charge in [-0.1, -0.05) is 11.8 Å². The molecule has 0 saturated heterocycles. The molecule has 2 aromatic rings. The highest BCUT2D eigenvalue weighted by molar-refractivity contribution is 7.99. The molecule has 1 aromatic heterocycles. The van der Waals surface area contributed by atoms with Crippen molar-refractivity contribution in [1.29, 1.82) is 0 Å². The first-order chi connectivity index (χ1) is 10.7. The Kier molecular flexibility index (Phi) is 4.13. The number of aromatic nitrogens is 1. The minimum absolute atomic E-state index is 0.695. The Hall–Kier alpha value is -2.31. The standard InChI is InChI=1S/C16H17N5S/c1-18-16(20-10-3-11-21-16)14-4-2-9-19-15(14)22-13-7-5-12(17)6-8-13/h2-11,18,20H,17H2,1H3. The zero-order chi connectivity index (χ0) is 15.4. The second-order valence-corrected chi connectivity index (χ2v) is 5.83. The average Bonchev–Trinajstić information content (AvgIpc) is 2.58. The highest BCUT2D eigenvalue weighted by Gasteiger charge is 2.32. The molecule has 6 heteroatoms. The molecule has 5 nitrogen and oxygen atoms in total. The van der Waals surface area contributed by atoms with Crippen LogP contribution in [0.5, 0.6) is 0 Å². The van der Waals surface area contributed by atoms with Gasteiger partial charge < -0.3 is 11.1 Å². The van der Waals surface area contributed by atoms with Crippen LogP contribution in [0.15, 0.2) is 69.8 Å². The Labute approximate surface area is 133 Å².